The van der Waals surface area contributed by atoms with E-state index in [-0.39, 0.29) is 11.3 Å². The van der Waals surface area contributed by atoms with E-state index < -0.39 is 0 Å². The van der Waals surface area contributed by atoms with E-state index in [9.17, 15) is 9.90 Å². The number of carbonyl (C=O) groups is 1. The second kappa shape index (κ2) is 8.78. The Morgan fingerprint density at radius 3 is 2.53 bits per heavy atom. The average molecular weight is 447 g/mol. The molecule has 1 amide bonds. The second-order valence-electron chi connectivity index (χ2n) is 9.48. The Labute approximate surface area is 194 Å². The van der Waals surface area contributed by atoms with Crippen LogP contribution in [0, 0.1) is 0 Å². The van der Waals surface area contributed by atoms with E-state index >= 15 is 0 Å². The molecule has 3 aliphatic rings. The maximum Gasteiger partial charge on any atom is 0.286 e. The number of phenolic OH excluding ortho intramolecular Hbond substituents is 1. The van der Waals surface area contributed by atoms with Crippen LogP contribution in [0.5, 0.6) is 5.75 Å². The predicted molar refractivity (Wildman–Crippen MR) is 133 cm³/mol. The highest BCUT2D eigenvalue weighted by molar-refractivity contribution is 8.18. The molecule has 2 aromatic rings. The summed E-state index contributed by atoms with van der Waals surface area (Å²) in [5.74, 6) is 0.260. The summed E-state index contributed by atoms with van der Waals surface area (Å²) in [4.78, 5) is 19.6. The lowest BCUT2D eigenvalue weighted by Gasteiger charge is -2.34. The van der Waals surface area contributed by atoms with Crippen molar-refractivity contribution in [3.8, 4) is 16.9 Å². The number of hydrogen-bond donors (Lipinski definition) is 1. The SMILES string of the molecule is CC1(c2cc(-c3cccc(/C=C4/SC(N5CCCC5)=NC4=O)c3)ccc2O)CCCCC1. The highest BCUT2D eigenvalue weighted by atomic mass is 32.2. The molecule has 0 atom stereocenters. The molecule has 0 radical (unpaired) electrons. The van der Waals surface area contributed by atoms with E-state index in [4.69, 9.17) is 0 Å². The van der Waals surface area contributed by atoms with Gasteiger partial charge in [0.1, 0.15) is 5.75 Å². The van der Waals surface area contributed by atoms with Crippen molar-refractivity contribution in [1.29, 1.82) is 0 Å². The number of aromatic hydroxyl groups is 1. The zero-order valence-electron chi connectivity index (χ0n) is 18.6. The zero-order chi connectivity index (χ0) is 22.1. The highest BCUT2D eigenvalue weighted by Crippen LogP contribution is 2.44. The minimum atomic E-state index is -0.139. The van der Waals surface area contributed by atoms with Crippen molar-refractivity contribution in [3.63, 3.8) is 0 Å². The van der Waals surface area contributed by atoms with Crippen LogP contribution in [0.4, 0.5) is 0 Å². The zero-order valence-corrected chi connectivity index (χ0v) is 19.5. The molecule has 2 aliphatic heterocycles. The summed E-state index contributed by atoms with van der Waals surface area (Å²) in [5.41, 5.74) is 4.28. The van der Waals surface area contributed by atoms with Gasteiger partial charge in [-0.05, 0) is 83.8 Å². The predicted octanol–water partition coefficient (Wildman–Crippen LogP) is 6.35. The number of carbonyl (C=O) groups excluding carboxylic acids is 1. The van der Waals surface area contributed by atoms with E-state index in [2.05, 4.69) is 35.0 Å². The third kappa shape index (κ3) is 4.23. The van der Waals surface area contributed by atoms with Crippen LogP contribution in [0.2, 0.25) is 0 Å². The fourth-order valence-electron chi connectivity index (χ4n) is 5.20. The number of amides is 1. The number of amidine groups is 1. The van der Waals surface area contributed by atoms with Gasteiger partial charge in [0.05, 0.1) is 4.91 Å². The Morgan fingerprint density at radius 2 is 1.75 bits per heavy atom. The number of phenols is 1. The molecule has 0 bridgehead atoms. The van der Waals surface area contributed by atoms with E-state index in [1.54, 1.807) is 0 Å². The first-order valence-electron chi connectivity index (χ1n) is 11.7. The van der Waals surface area contributed by atoms with Crippen LogP contribution in [0.1, 0.15) is 63.0 Å². The van der Waals surface area contributed by atoms with Gasteiger partial charge in [0.2, 0.25) is 0 Å². The molecule has 1 aliphatic carbocycles. The first kappa shape index (κ1) is 21.3. The lowest BCUT2D eigenvalue weighted by molar-refractivity contribution is -0.113. The lowest BCUT2D eigenvalue weighted by Crippen LogP contribution is -2.25. The maximum atomic E-state index is 12.5. The van der Waals surface area contributed by atoms with Crippen LogP contribution in [-0.4, -0.2) is 34.2 Å². The normalized spacial score (nSPS) is 21.9. The number of thioether (sulfide) groups is 1. The van der Waals surface area contributed by atoms with Crippen molar-refractivity contribution in [2.45, 2.75) is 57.3 Å². The molecule has 0 unspecified atom stereocenters. The second-order valence-corrected chi connectivity index (χ2v) is 10.5. The van der Waals surface area contributed by atoms with Crippen molar-refractivity contribution in [3.05, 3.63) is 58.5 Å². The van der Waals surface area contributed by atoms with Crippen molar-refractivity contribution in [2.24, 2.45) is 4.99 Å². The van der Waals surface area contributed by atoms with Gasteiger partial charge < -0.3 is 10.0 Å². The standard InChI is InChI=1S/C27H30N2O2S/c1-27(12-3-2-4-13-27)22-18-21(10-11-23(22)30)20-9-7-8-19(16-20)17-24-25(31)28-26(32-24)29-14-5-6-15-29/h7-11,16-18,30H,2-6,12-15H2,1H3/b24-17+. The molecular formula is C27H30N2O2S. The largest absolute Gasteiger partial charge is 0.508 e. The van der Waals surface area contributed by atoms with E-state index in [1.807, 2.05) is 30.3 Å². The summed E-state index contributed by atoms with van der Waals surface area (Å²) in [6.07, 6.45) is 10.3. The smallest absolute Gasteiger partial charge is 0.286 e. The number of rotatable bonds is 3. The van der Waals surface area contributed by atoms with Gasteiger partial charge in [0.25, 0.3) is 5.91 Å². The molecule has 2 aromatic carbocycles. The van der Waals surface area contributed by atoms with Gasteiger partial charge in [-0.2, -0.15) is 4.99 Å². The van der Waals surface area contributed by atoms with Gasteiger partial charge in [0.15, 0.2) is 5.17 Å². The van der Waals surface area contributed by atoms with Gasteiger partial charge in [-0.15, -0.1) is 0 Å². The van der Waals surface area contributed by atoms with Crippen molar-refractivity contribution < 1.29 is 9.90 Å². The molecule has 1 saturated heterocycles. The molecule has 5 rings (SSSR count). The molecular weight excluding hydrogens is 416 g/mol. The summed E-state index contributed by atoms with van der Waals surface area (Å²) in [7, 11) is 0. The maximum absolute atomic E-state index is 12.5. The van der Waals surface area contributed by atoms with E-state index in [0.29, 0.717) is 10.7 Å². The fourth-order valence-corrected chi connectivity index (χ4v) is 6.17. The minimum absolute atomic E-state index is 0.0359. The Balaban J connectivity index is 1.41. The first-order chi connectivity index (χ1) is 15.5. The molecule has 1 N–H and O–H groups in total. The Bertz CT molecular complexity index is 1090. The molecule has 1 saturated carbocycles. The van der Waals surface area contributed by atoms with E-state index in [0.717, 1.165) is 53.4 Å². The van der Waals surface area contributed by atoms with Gasteiger partial charge in [-0.3, -0.25) is 4.79 Å². The minimum Gasteiger partial charge on any atom is -0.508 e. The van der Waals surface area contributed by atoms with Crippen LogP contribution in [0.3, 0.4) is 0 Å². The van der Waals surface area contributed by atoms with Crippen molar-refractivity contribution in [1.82, 2.24) is 4.90 Å². The third-order valence-electron chi connectivity index (χ3n) is 7.11. The topological polar surface area (TPSA) is 52.9 Å². The van der Waals surface area contributed by atoms with Crippen molar-refractivity contribution >= 4 is 28.9 Å². The van der Waals surface area contributed by atoms with Crippen molar-refractivity contribution in [2.75, 3.05) is 13.1 Å². The number of nitrogens with zero attached hydrogens (tertiary/aromatic N) is 2. The molecule has 2 fully saturated rings. The summed E-state index contributed by atoms with van der Waals surface area (Å²) < 4.78 is 0. The molecule has 0 aromatic heterocycles. The highest BCUT2D eigenvalue weighted by Gasteiger charge is 2.31. The summed E-state index contributed by atoms with van der Waals surface area (Å²) >= 11 is 1.49. The molecule has 32 heavy (non-hydrogen) atoms. The Hall–Kier alpha value is -2.53. The molecule has 4 nitrogen and oxygen atoms in total. The van der Waals surface area contributed by atoms with Crippen LogP contribution < -0.4 is 0 Å². The summed E-state index contributed by atoms with van der Waals surface area (Å²) in [6, 6.07) is 14.3. The Kier molecular flexibility index (Phi) is 5.85. The number of benzene rings is 2. The molecule has 166 valence electrons. The molecule has 5 heteroatoms. The third-order valence-corrected chi connectivity index (χ3v) is 8.15. The summed E-state index contributed by atoms with van der Waals surface area (Å²) in [5, 5.41) is 11.5. The van der Waals surface area contributed by atoms with Crippen LogP contribution in [0.15, 0.2) is 52.4 Å². The van der Waals surface area contributed by atoms with Crippen LogP contribution in [-0.2, 0) is 10.2 Å². The van der Waals surface area contributed by atoms with Gasteiger partial charge in [0, 0.05) is 18.7 Å². The van der Waals surface area contributed by atoms with Gasteiger partial charge in [-0.25, -0.2) is 0 Å². The number of hydrogen-bond acceptors (Lipinski definition) is 4. The van der Waals surface area contributed by atoms with Gasteiger partial charge in [-0.1, -0.05) is 50.5 Å². The number of likely N-dealkylation sites (tertiary alicyclic amines) is 1. The van der Waals surface area contributed by atoms with E-state index in [1.165, 1.54) is 43.9 Å². The van der Waals surface area contributed by atoms with Crippen LogP contribution in [0.25, 0.3) is 17.2 Å². The average Bonchev–Trinajstić information content (AvgIpc) is 3.45. The quantitative estimate of drug-likeness (QED) is 0.559. The Morgan fingerprint density at radius 1 is 1.00 bits per heavy atom. The fraction of sp³-hybridized carbons (Fsp3) is 0.407. The monoisotopic (exact) mass is 446 g/mol. The molecule has 2 heterocycles. The number of aliphatic imine (C=N–C) groups is 1. The van der Waals surface area contributed by atoms with Gasteiger partial charge >= 0.3 is 0 Å². The van der Waals surface area contributed by atoms with Crippen LogP contribution >= 0.6 is 11.8 Å². The summed E-state index contributed by atoms with van der Waals surface area (Å²) in [6.45, 7) is 4.26. The lowest BCUT2D eigenvalue weighted by atomic mass is 9.70. The first-order valence-corrected chi connectivity index (χ1v) is 12.5. The molecule has 0 spiro atoms.